The number of ketones is 1. The maximum atomic E-state index is 12.0. The van der Waals surface area contributed by atoms with Gasteiger partial charge in [0.1, 0.15) is 0 Å². The molecule has 1 aromatic carbocycles. The second kappa shape index (κ2) is 3.28. The molecule has 0 radical (unpaired) electrons. The predicted molar refractivity (Wildman–Crippen MR) is 61.2 cm³/mol. The number of halogens is 1. The van der Waals surface area contributed by atoms with E-state index in [0.717, 1.165) is 16.9 Å². The summed E-state index contributed by atoms with van der Waals surface area (Å²) in [6, 6.07) is 5.54. The Balaban J connectivity index is 2.57. The molecule has 0 saturated carbocycles. The van der Waals surface area contributed by atoms with Crippen molar-refractivity contribution >= 4 is 29.1 Å². The summed E-state index contributed by atoms with van der Waals surface area (Å²) in [6.07, 6.45) is 0. The molecule has 0 saturated heterocycles. The Morgan fingerprint density at radius 3 is 2.86 bits per heavy atom. The van der Waals surface area contributed by atoms with Gasteiger partial charge in [0.05, 0.1) is 4.75 Å². The fourth-order valence-electron chi connectivity index (χ4n) is 1.56. The van der Waals surface area contributed by atoms with Crippen molar-refractivity contribution in [1.82, 2.24) is 0 Å². The highest BCUT2D eigenvalue weighted by molar-refractivity contribution is 8.00. The Labute approximate surface area is 92.8 Å². The van der Waals surface area contributed by atoms with E-state index in [-0.39, 0.29) is 10.5 Å². The van der Waals surface area contributed by atoms with E-state index in [2.05, 4.69) is 0 Å². The normalized spacial score (nSPS) is 19.2. The lowest BCUT2D eigenvalue weighted by Crippen LogP contribution is -2.32. The minimum atomic E-state index is -0.308. The summed E-state index contributed by atoms with van der Waals surface area (Å²) < 4.78 is -0.308. The summed E-state index contributed by atoms with van der Waals surface area (Å²) in [4.78, 5) is 12.0. The van der Waals surface area contributed by atoms with Crippen molar-refractivity contribution in [3.63, 3.8) is 0 Å². The molecule has 1 aliphatic heterocycles. The molecular formula is C11H11ClOS. The molecule has 2 rings (SSSR count). The molecule has 0 N–H and O–H groups in total. The molecule has 74 valence electrons. The molecule has 1 aliphatic rings. The third-order valence-corrected chi connectivity index (χ3v) is 4.18. The monoisotopic (exact) mass is 226 g/mol. The summed E-state index contributed by atoms with van der Waals surface area (Å²) in [5, 5.41) is 0.707. The fraction of sp³-hybridized carbons (Fsp3) is 0.364. The summed E-state index contributed by atoms with van der Waals surface area (Å²) >= 11 is 7.69. The highest BCUT2D eigenvalue weighted by Crippen LogP contribution is 2.40. The number of fused-ring (bicyclic) bond motifs is 1. The molecule has 3 heteroatoms. The van der Waals surface area contributed by atoms with Gasteiger partial charge < -0.3 is 0 Å². The molecule has 0 amide bonds. The zero-order valence-electron chi connectivity index (χ0n) is 8.13. The average Bonchev–Trinajstić information content (AvgIpc) is 2.13. The second-order valence-corrected chi connectivity index (χ2v) is 5.90. The number of benzene rings is 1. The number of rotatable bonds is 0. The topological polar surface area (TPSA) is 17.1 Å². The number of carbonyl (C=O) groups is 1. The molecule has 0 aliphatic carbocycles. The molecule has 1 nitrogen and oxygen atoms in total. The highest BCUT2D eigenvalue weighted by Gasteiger charge is 2.35. The van der Waals surface area contributed by atoms with Crippen molar-refractivity contribution in [2.75, 3.05) is 0 Å². The number of hydrogen-bond acceptors (Lipinski definition) is 2. The molecule has 1 aromatic rings. The molecule has 0 unspecified atom stereocenters. The molecular weight excluding hydrogens is 216 g/mol. The zero-order valence-corrected chi connectivity index (χ0v) is 9.71. The van der Waals surface area contributed by atoms with E-state index >= 15 is 0 Å². The molecule has 0 aromatic heterocycles. The molecule has 0 bridgehead atoms. The van der Waals surface area contributed by atoms with Crippen molar-refractivity contribution in [2.24, 2.45) is 0 Å². The first-order chi connectivity index (χ1) is 6.52. The predicted octanol–water partition coefficient (Wildman–Crippen LogP) is 3.55. The van der Waals surface area contributed by atoms with Crippen LogP contribution in [-0.4, -0.2) is 10.5 Å². The van der Waals surface area contributed by atoms with E-state index in [4.69, 9.17) is 11.6 Å². The fourth-order valence-corrected chi connectivity index (χ4v) is 2.94. The van der Waals surface area contributed by atoms with Crippen LogP contribution in [0.2, 0.25) is 5.02 Å². The largest absolute Gasteiger partial charge is 0.293 e. The first kappa shape index (κ1) is 10.1. The van der Waals surface area contributed by atoms with Crippen LogP contribution < -0.4 is 0 Å². The van der Waals surface area contributed by atoms with Crippen LogP contribution in [0.15, 0.2) is 18.2 Å². The van der Waals surface area contributed by atoms with Gasteiger partial charge in [0, 0.05) is 16.3 Å². The van der Waals surface area contributed by atoms with E-state index in [1.165, 1.54) is 0 Å². The minimum absolute atomic E-state index is 0.186. The van der Waals surface area contributed by atoms with Gasteiger partial charge in [-0.3, -0.25) is 4.79 Å². The van der Waals surface area contributed by atoms with Crippen LogP contribution in [-0.2, 0) is 5.75 Å². The third-order valence-electron chi connectivity index (χ3n) is 2.49. The maximum absolute atomic E-state index is 12.0. The average molecular weight is 227 g/mol. The molecule has 0 fully saturated rings. The number of carbonyl (C=O) groups excluding carboxylic acids is 1. The van der Waals surface area contributed by atoms with Gasteiger partial charge in [0.15, 0.2) is 5.78 Å². The van der Waals surface area contributed by atoms with Crippen LogP contribution in [0.3, 0.4) is 0 Å². The second-order valence-electron chi connectivity index (χ2n) is 3.89. The van der Waals surface area contributed by atoms with Crippen LogP contribution in [0.4, 0.5) is 0 Å². The Morgan fingerprint density at radius 1 is 1.43 bits per heavy atom. The quantitative estimate of drug-likeness (QED) is 0.673. The Kier molecular flexibility index (Phi) is 2.36. The molecule has 0 spiro atoms. The van der Waals surface area contributed by atoms with Gasteiger partial charge in [-0.05, 0) is 25.5 Å². The SMILES string of the molecule is CC1(C)SCc2c(Cl)cccc2C1=O. The summed E-state index contributed by atoms with van der Waals surface area (Å²) in [7, 11) is 0. The standard InChI is InChI=1S/C11H11ClOS/c1-11(2)10(13)7-4-3-5-9(12)8(7)6-14-11/h3-5H,6H2,1-2H3. The molecule has 0 atom stereocenters. The van der Waals surface area contributed by atoms with Gasteiger partial charge in [-0.25, -0.2) is 0 Å². The lowest BCUT2D eigenvalue weighted by molar-refractivity contribution is 0.0955. The Bertz CT molecular complexity index is 398. The number of hydrogen-bond donors (Lipinski definition) is 0. The number of thioether (sulfide) groups is 1. The van der Waals surface area contributed by atoms with Crippen LogP contribution in [0.5, 0.6) is 0 Å². The van der Waals surface area contributed by atoms with Gasteiger partial charge in [0.25, 0.3) is 0 Å². The van der Waals surface area contributed by atoms with Gasteiger partial charge in [-0.1, -0.05) is 23.7 Å². The van der Waals surface area contributed by atoms with Crippen molar-refractivity contribution in [3.05, 3.63) is 34.3 Å². The van der Waals surface area contributed by atoms with E-state index in [9.17, 15) is 4.79 Å². The van der Waals surface area contributed by atoms with Crippen LogP contribution in [0, 0.1) is 0 Å². The Morgan fingerprint density at radius 2 is 2.14 bits per heavy atom. The maximum Gasteiger partial charge on any atom is 0.178 e. The van der Waals surface area contributed by atoms with E-state index in [0.29, 0.717) is 5.02 Å². The zero-order chi connectivity index (χ0) is 10.3. The summed E-state index contributed by atoms with van der Waals surface area (Å²) in [6.45, 7) is 3.92. The first-order valence-corrected chi connectivity index (χ1v) is 5.85. The van der Waals surface area contributed by atoms with E-state index in [1.54, 1.807) is 11.8 Å². The van der Waals surface area contributed by atoms with Crippen LogP contribution in [0.1, 0.15) is 29.8 Å². The third kappa shape index (κ3) is 1.47. The smallest absolute Gasteiger partial charge is 0.178 e. The van der Waals surface area contributed by atoms with Crippen molar-refractivity contribution in [1.29, 1.82) is 0 Å². The minimum Gasteiger partial charge on any atom is -0.293 e. The molecule has 14 heavy (non-hydrogen) atoms. The van der Waals surface area contributed by atoms with Crippen molar-refractivity contribution in [2.45, 2.75) is 24.3 Å². The molecule has 1 heterocycles. The number of Topliss-reactive ketones (excluding diaryl/α,β-unsaturated/α-hetero) is 1. The van der Waals surface area contributed by atoms with E-state index < -0.39 is 0 Å². The van der Waals surface area contributed by atoms with Gasteiger partial charge in [-0.2, -0.15) is 0 Å². The summed E-state index contributed by atoms with van der Waals surface area (Å²) in [5.41, 5.74) is 1.78. The summed E-state index contributed by atoms with van der Waals surface area (Å²) in [5.74, 6) is 1.01. The van der Waals surface area contributed by atoms with E-state index in [1.807, 2.05) is 32.0 Å². The van der Waals surface area contributed by atoms with Gasteiger partial charge in [0.2, 0.25) is 0 Å². The lowest BCUT2D eigenvalue weighted by atomic mass is 9.95. The van der Waals surface area contributed by atoms with Gasteiger partial charge >= 0.3 is 0 Å². The Hall–Kier alpha value is -0.470. The lowest BCUT2D eigenvalue weighted by Gasteiger charge is -2.29. The van der Waals surface area contributed by atoms with Crippen LogP contribution in [0.25, 0.3) is 0 Å². The van der Waals surface area contributed by atoms with Crippen molar-refractivity contribution < 1.29 is 4.79 Å². The van der Waals surface area contributed by atoms with Gasteiger partial charge in [-0.15, -0.1) is 11.8 Å². The first-order valence-electron chi connectivity index (χ1n) is 4.48. The van der Waals surface area contributed by atoms with Crippen LogP contribution >= 0.6 is 23.4 Å². The highest BCUT2D eigenvalue weighted by atomic mass is 35.5. The van der Waals surface area contributed by atoms with Crippen molar-refractivity contribution in [3.8, 4) is 0 Å².